The number of carbonyl (C=O) groups is 1. The van der Waals surface area contributed by atoms with Gasteiger partial charge in [-0.15, -0.1) is 11.3 Å². The van der Waals surface area contributed by atoms with Crippen molar-refractivity contribution in [2.24, 2.45) is 10.8 Å². The Morgan fingerprint density at radius 2 is 2.50 bits per heavy atom. The molecule has 1 aromatic rings. The summed E-state index contributed by atoms with van der Waals surface area (Å²) in [4.78, 5) is 11.9. The number of ketones is 1. The highest BCUT2D eigenvalue weighted by Gasteiger charge is 2.05. The van der Waals surface area contributed by atoms with Crippen LogP contribution >= 0.6 is 23.6 Å². The van der Waals surface area contributed by atoms with E-state index in [1.54, 1.807) is 6.07 Å². The molecular weight excluding hydrogens is 218 g/mol. The van der Waals surface area contributed by atoms with Gasteiger partial charge in [-0.2, -0.15) is 5.10 Å². The van der Waals surface area contributed by atoms with Crippen molar-refractivity contribution in [1.29, 1.82) is 0 Å². The molecule has 4 nitrogen and oxygen atoms in total. The third kappa shape index (κ3) is 2.90. The quantitative estimate of drug-likeness (QED) is 0.351. The lowest BCUT2D eigenvalue weighted by atomic mass is 10.2. The Labute approximate surface area is 90.8 Å². The number of nitrogens with zero attached hydrogens (tertiary/aromatic N) is 1. The summed E-state index contributed by atoms with van der Waals surface area (Å²) < 4.78 is 0. The molecule has 0 bridgehead atoms. The lowest BCUT2D eigenvalue weighted by molar-refractivity contribution is 0.101. The fourth-order valence-corrected chi connectivity index (χ4v) is 1.72. The maximum atomic E-state index is 11.1. The first-order valence-electron chi connectivity index (χ1n) is 3.78. The van der Waals surface area contributed by atoms with E-state index in [-0.39, 0.29) is 10.9 Å². The second-order valence-electron chi connectivity index (χ2n) is 2.49. The van der Waals surface area contributed by atoms with Crippen molar-refractivity contribution in [2.45, 2.75) is 6.92 Å². The number of carbonyl (C=O) groups excluding carboxylic acids is 1. The van der Waals surface area contributed by atoms with Gasteiger partial charge in [0.05, 0.1) is 11.1 Å². The van der Waals surface area contributed by atoms with E-state index in [1.165, 1.54) is 24.5 Å². The average molecular weight is 227 g/mol. The van der Waals surface area contributed by atoms with E-state index in [0.717, 1.165) is 4.88 Å². The predicted molar refractivity (Wildman–Crippen MR) is 61.8 cm³/mol. The number of Topliss-reactive ketones (excluding diaryl/α,β-unsaturated/α-hetero) is 1. The van der Waals surface area contributed by atoms with E-state index in [4.69, 9.17) is 5.73 Å². The van der Waals surface area contributed by atoms with Gasteiger partial charge >= 0.3 is 0 Å². The van der Waals surface area contributed by atoms with Gasteiger partial charge in [0.15, 0.2) is 10.9 Å². The van der Waals surface area contributed by atoms with Crippen molar-refractivity contribution >= 4 is 40.7 Å². The topological polar surface area (TPSA) is 67.5 Å². The van der Waals surface area contributed by atoms with Gasteiger partial charge in [-0.05, 0) is 30.6 Å². The van der Waals surface area contributed by atoms with E-state index < -0.39 is 0 Å². The molecular formula is C8H9N3OS2. The summed E-state index contributed by atoms with van der Waals surface area (Å²) in [6.07, 6.45) is 1.53. The van der Waals surface area contributed by atoms with Gasteiger partial charge < -0.3 is 5.73 Å². The Morgan fingerprint density at radius 1 is 1.79 bits per heavy atom. The molecule has 1 rings (SSSR count). The highest BCUT2D eigenvalue weighted by Crippen LogP contribution is 2.14. The first kappa shape index (κ1) is 10.8. The molecule has 0 saturated heterocycles. The Morgan fingerprint density at radius 3 is 3.07 bits per heavy atom. The molecule has 0 amide bonds. The van der Waals surface area contributed by atoms with Crippen LogP contribution in [0.3, 0.4) is 0 Å². The van der Waals surface area contributed by atoms with Gasteiger partial charge in [0.1, 0.15) is 0 Å². The van der Waals surface area contributed by atoms with Gasteiger partial charge in [-0.25, -0.2) is 0 Å². The smallest absolute Gasteiger partial charge is 0.184 e. The summed E-state index contributed by atoms with van der Waals surface area (Å²) in [6.45, 7) is 1.51. The SMILES string of the molecule is CC(=O)c1ccsc1C=NNC(N)=S. The van der Waals surface area contributed by atoms with Crippen LogP contribution in [-0.4, -0.2) is 17.1 Å². The summed E-state index contributed by atoms with van der Waals surface area (Å²) in [7, 11) is 0. The molecule has 0 radical (unpaired) electrons. The number of hydrogen-bond donors (Lipinski definition) is 2. The van der Waals surface area contributed by atoms with Gasteiger partial charge in [0.25, 0.3) is 0 Å². The fourth-order valence-electron chi connectivity index (χ4n) is 0.866. The summed E-state index contributed by atoms with van der Waals surface area (Å²) in [5.74, 6) is 0.0167. The van der Waals surface area contributed by atoms with Gasteiger partial charge in [-0.3, -0.25) is 10.2 Å². The molecule has 0 aliphatic heterocycles. The molecule has 3 N–H and O–H groups in total. The average Bonchev–Trinajstić information content (AvgIpc) is 2.51. The van der Waals surface area contributed by atoms with Crippen LogP contribution < -0.4 is 11.2 Å². The highest BCUT2D eigenvalue weighted by atomic mass is 32.1. The molecule has 14 heavy (non-hydrogen) atoms. The first-order chi connectivity index (χ1) is 6.61. The van der Waals surface area contributed by atoms with Crippen LogP contribution in [0.4, 0.5) is 0 Å². The monoisotopic (exact) mass is 227 g/mol. The zero-order valence-corrected chi connectivity index (χ0v) is 9.11. The number of hydrogen-bond acceptors (Lipinski definition) is 4. The molecule has 0 aliphatic carbocycles. The Hall–Kier alpha value is -1.27. The molecule has 0 aromatic carbocycles. The molecule has 6 heteroatoms. The standard InChI is InChI=1S/C8H9N3OS2/c1-5(12)6-2-3-14-7(6)4-10-11-8(9)13/h2-4H,1H3,(H3,9,11,13). The molecule has 0 atom stereocenters. The summed E-state index contributed by atoms with van der Waals surface area (Å²) in [5, 5.41) is 5.70. The number of hydrazone groups is 1. The number of rotatable bonds is 3. The fraction of sp³-hybridized carbons (Fsp3) is 0.125. The molecule has 0 fully saturated rings. The van der Waals surface area contributed by atoms with Crippen molar-refractivity contribution < 1.29 is 4.79 Å². The van der Waals surface area contributed by atoms with Gasteiger partial charge in [0.2, 0.25) is 0 Å². The van der Waals surface area contributed by atoms with Gasteiger partial charge in [-0.1, -0.05) is 0 Å². The minimum Gasteiger partial charge on any atom is -0.375 e. The molecule has 0 spiro atoms. The van der Waals surface area contributed by atoms with Crippen LogP contribution in [0.2, 0.25) is 0 Å². The van der Waals surface area contributed by atoms with Crippen molar-refractivity contribution in [3.05, 3.63) is 21.9 Å². The van der Waals surface area contributed by atoms with Crippen LogP contribution in [0.5, 0.6) is 0 Å². The third-order valence-electron chi connectivity index (χ3n) is 1.43. The molecule has 74 valence electrons. The Balaban J connectivity index is 2.76. The summed E-state index contributed by atoms with van der Waals surface area (Å²) in [6, 6.07) is 1.76. The second-order valence-corrected chi connectivity index (χ2v) is 3.88. The minimum absolute atomic E-state index is 0.0167. The largest absolute Gasteiger partial charge is 0.375 e. The van der Waals surface area contributed by atoms with Crippen molar-refractivity contribution in [2.75, 3.05) is 0 Å². The zero-order valence-electron chi connectivity index (χ0n) is 7.48. The van der Waals surface area contributed by atoms with Crippen molar-refractivity contribution in [1.82, 2.24) is 5.43 Å². The summed E-state index contributed by atoms with van der Waals surface area (Å²) >= 11 is 6.00. The zero-order chi connectivity index (χ0) is 10.6. The number of thiophene rings is 1. The Kier molecular flexibility index (Phi) is 3.73. The number of nitrogens with one attached hydrogen (secondary N) is 1. The predicted octanol–water partition coefficient (Wildman–Crippen LogP) is 1.12. The van der Waals surface area contributed by atoms with Crippen LogP contribution in [0.1, 0.15) is 22.2 Å². The lowest BCUT2D eigenvalue weighted by Crippen LogP contribution is -2.24. The van der Waals surface area contributed by atoms with Crippen molar-refractivity contribution in [3.8, 4) is 0 Å². The van der Waals surface area contributed by atoms with E-state index in [9.17, 15) is 4.79 Å². The first-order valence-corrected chi connectivity index (χ1v) is 5.07. The van der Waals surface area contributed by atoms with E-state index in [2.05, 4.69) is 22.7 Å². The molecule has 1 heterocycles. The number of nitrogens with two attached hydrogens (primary N) is 1. The maximum absolute atomic E-state index is 11.1. The number of thiocarbonyl (C=S) groups is 1. The second kappa shape index (κ2) is 4.83. The van der Waals surface area contributed by atoms with E-state index >= 15 is 0 Å². The molecule has 1 aromatic heterocycles. The minimum atomic E-state index is 0.0167. The van der Waals surface area contributed by atoms with Crippen LogP contribution in [0.15, 0.2) is 16.5 Å². The van der Waals surface area contributed by atoms with Crippen molar-refractivity contribution in [3.63, 3.8) is 0 Å². The van der Waals surface area contributed by atoms with E-state index in [1.807, 2.05) is 5.38 Å². The maximum Gasteiger partial charge on any atom is 0.184 e. The third-order valence-corrected chi connectivity index (χ3v) is 2.37. The van der Waals surface area contributed by atoms with Crippen LogP contribution in [-0.2, 0) is 0 Å². The lowest BCUT2D eigenvalue weighted by Gasteiger charge is -1.94. The molecule has 0 unspecified atom stereocenters. The van der Waals surface area contributed by atoms with Crippen LogP contribution in [0.25, 0.3) is 0 Å². The van der Waals surface area contributed by atoms with Crippen LogP contribution in [0, 0.1) is 0 Å². The normalized spacial score (nSPS) is 10.4. The Bertz CT molecular complexity index is 384. The highest BCUT2D eigenvalue weighted by molar-refractivity contribution is 7.80. The van der Waals surface area contributed by atoms with E-state index in [0.29, 0.717) is 5.56 Å². The summed E-state index contributed by atoms with van der Waals surface area (Å²) in [5.41, 5.74) is 8.25. The van der Waals surface area contributed by atoms with Gasteiger partial charge in [0, 0.05) is 5.56 Å². The molecule has 0 saturated carbocycles. The molecule has 0 aliphatic rings.